The molecular formula is C16H19BrN2S. The first-order chi connectivity index (χ1) is 9.78. The van der Waals surface area contributed by atoms with E-state index in [9.17, 15) is 0 Å². The zero-order valence-corrected chi connectivity index (χ0v) is 14.0. The Kier molecular flexibility index (Phi) is 6.57. The van der Waals surface area contributed by atoms with Crippen LogP contribution in [0.15, 0.2) is 58.2 Å². The standard InChI is InChI=1S/C16H19BrN2S/c1-2-19-15(11-13-7-9-18-10-8-13)12-20-16-5-3-14(17)4-6-16/h3-10,15,19H,2,11-12H2,1H3. The molecule has 1 heterocycles. The van der Waals surface area contributed by atoms with Gasteiger partial charge in [0.1, 0.15) is 0 Å². The first-order valence-corrected chi connectivity index (χ1v) is 8.56. The summed E-state index contributed by atoms with van der Waals surface area (Å²) < 4.78 is 1.13. The molecule has 0 fully saturated rings. The molecule has 20 heavy (non-hydrogen) atoms. The van der Waals surface area contributed by atoms with Crippen molar-refractivity contribution in [1.82, 2.24) is 10.3 Å². The van der Waals surface area contributed by atoms with E-state index >= 15 is 0 Å². The number of aromatic nitrogens is 1. The van der Waals surface area contributed by atoms with Crippen LogP contribution in [0.25, 0.3) is 0 Å². The highest BCUT2D eigenvalue weighted by Gasteiger charge is 2.09. The third kappa shape index (κ3) is 5.27. The number of hydrogen-bond donors (Lipinski definition) is 1. The van der Waals surface area contributed by atoms with Crippen LogP contribution < -0.4 is 5.32 Å². The maximum Gasteiger partial charge on any atom is 0.0270 e. The Hall–Kier alpha value is -0.840. The lowest BCUT2D eigenvalue weighted by atomic mass is 10.1. The molecule has 0 bridgehead atoms. The minimum absolute atomic E-state index is 0.482. The summed E-state index contributed by atoms with van der Waals surface area (Å²) in [6, 6.07) is 13.2. The fraction of sp³-hybridized carbons (Fsp3) is 0.312. The number of likely N-dealkylation sites (N-methyl/N-ethyl adjacent to an activating group) is 1. The molecule has 2 aromatic rings. The van der Waals surface area contributed by atoms with Crippen LogP contribution in [0.1, 0.15) is 12.5 Å². The minimum Gasteiger partial charge on any atom is -0.313 e. The van der Waals surface area contributed by atoms with Gasteiger partial charge in [-0.2, -0.15) is 0 Å². The molecule has 0 spiro atoms. The predicted molar refractivity (Wildman–Crippen MR) is 90.3 cm³/mol. The molecule has 2 nitrogen and oxygen atoms in total. The summed E-state index contributed by atoms with van der Waals surface area (Å²) in [6.45, 7) is 3.15. The van der Waals surface area contributed by atoms with Crippen LogP contribution in [0.2, 0.25) is 0 Å². The molecule has 1 aromatic heterocycles. The quantitative estimate of drug-likeness (QED) is 0.759. The van der Waals surface area contributed by atoms with Crippen molar-refractivity contribution in [3.05, 3.63) is 58.8 Å². The van der Waals surface area contributed by atoms with Crippen LogP contribution in [0, 0.1) is 0 Å². The maximum atomic E-state index is 4.07. The van der Waals surface area contributed by atoms with E-state index in [-0.39, 0.29) is 0 Å². The van der Waals surface area contributed by atoms with Gasteiger partial charge in [-0.05, 0) is 54.9 Å². The van der Waals surface area contributed by atoms with Crippen molar-refractivity contribution in [3.63, 3.8) is 0 Å². The van der Waals surface area contributed by atoms with Crippen LogP contribution in [0.3, 0.4) is 0 Å². The highest BCUT2D eigenvalue weighted by Crippen LogP contribution is 2.22. The molecule has 0 aliphatic heterocycles. The fourth-order valence-corrected chi connectivity index (χ4v) is 3.23. The van der Waals surface area contributed by atoms with Crippen molar-refractivity contribution in [2.45, 2.75) is 24.3 Å². The van der Waals surface area contributed by atoms with Crippen molar-refractivity contribution < 1.29 is 0 Å². The number of nitrogens with zero attached hydrogens (tertiary/aromatic N) is 1. The van der Waals surface area contributed by atoms with Gasteiger partial charge in [0.15, 0.2) is 0 Å². The summed E-state index contributed by atoms with van der Waals surface area (Å²) in [7, 11) is 0. The molecule has 0 amide bonds. The Balaban J connectivity index is 1.90. The summed E-state index contributed by atoms with van der Waals surface area (Å²) in [4.78, 5) is 5.38. The van der Waals surface area contributed by atoms with E-state index in [1.54, 1.807) is 0 Å². The van der Waals surface area contributed by atoms with E-state index < -0.39 is 0 Å². The summed E-state index contributed by atoms with van der Waals surface area (Å²) >= 11 is 5.36. The zero-order chi connectivity index (χ0) is 14.2. The second kappa shape index (κ2) is 8.45. The van der Waals surface area contributed by atoms with E-state index in [2.05, 4.69) is 69.6 Å². The summed E-state index contributed by atoms with van der Waals surface area (Å²) in [5, 5.41) is 3.56. The highest BCUT2D eigenvalue weighted by atomic mass is 79.9. The summed E-state index contributed by atoms with van der Waals surface area (Å²) in [5.74, 6) is 1.07. The Morgan fingerprint density at radius 2 is 1.85 bits per heavy atom. The van der Waals surface area contributed by atoms with Crippen LogP contribution in [0.5, 0.6) is 0 Å². The van der Waals surface area contributed by atoms with Crippen molar-refractivity contribution in [1.29, 1.82) is 0 Å². The molecule has 106 valence electrons. The van der Waals surface area contributed by atoms with Crippen LogP contribution >= 0.6 is 27.7 Å². The largest absolute Gasteiger partial charge is 0.313 e. The average molecular weight is 351 g/mol. The number of hydrogen-bond acceptors (Lipinski definition) is 3. The lowest BCUT2D eigenvalue weighted by Gasteiger charge is -2.17. The topological polar surface area (TPSA) is 24.9 Å². The van der Waals surface area contributed by atoms with Gasteiger partial charge in [0.2, 0.25) is 0 Å². The summed E-state index contributed by atoms with van der Waals surface area (Å²) in [5.41, 5.74) is 1.34. The van der Waals surface area contributed by atoms with Crippen LogP contribution in [-0.4, -0.2) is 23.3 Å². The van der Waals surface area contributed by atoms with Gasteiger partial charge in [0.05, 0.1) is 0 Å². The number of nitrogens with one attached hydrogen (secondary N) is 1. The molecule has 0 aliphatic carbocycles. The SMILES string of the molecule is CCNC(CSc1ccc(Br)cc1)Cc1ccncc1. The monoisotopic (exact) mass is 350 g/mol. The maximum absolute atomic E-state index is 4.07. The number of pyridine rings is 1. The Morgan fingerprint density at radius 1 is 1.15 bits per heavy atom. The van der Waals surface area contributed by atoms with Crippen molar-refractivity contribution >= 4 is 27.7 Å². The fourth-order valence-electron chi connectivity index (χ4n) is 2.01. The van der Waals surface area contributed by atoms with E-state index in [4.69, 9.17) is 0 Å². The smallest absolute Gasteiger partial charge is 0.0270 e. The van der Waals surface area contributed by atoms with Gasteiger partial charge in [-0.15, -0.1) is 11.8 Å². The van der Waals surface area contributed by atoms with E-state index in [0.29, 0.717) is 6.04 Å². The minimum atomic E-state index is 0.482. The van der Waals surface area contributed by atoms with Crippen LogP contribution in [0.4, 0.5) is 0 Å². The summed E-state index contributed by atoms with van der Waals surface area (Å²) in [6.07, 6.45) is 4.76. The Bertz CT molecular complexity index is 502. The molecule has 1 atom stereocenters. The normalized spacial score (nSPS) is 12.3. The van der Waals surface area contributed by atoms with Gasteiger partial charge in [-0.3, -0.25) is 4.98 Å². The Morgan fingerprint density at radius 3 is 2.50 bits per heavy atom. The first-order valence-electron chi connectivity index (χ1n) is 6.78. The lowest BCUT2D eigenvalue weighted by Crippen LogP contribution is -2.33. The van der Waals surface area contributed by atoms with Gasteiger partial charge < -0.3 is 5.32 Å². The van der Waals surface area contributed by atoms with Crippen molar-refractivity contribution in [2.75, 3.05) is 12.3 Å². The number of benzene rings is 1. The molecule has 0 radical (unpaired) electrons. The predicted octanol–water partition coefficient (Wildman–Crippen LogP) is 4.16. The van der Waals surface area contributed by atoms with Crippen molar-refractivity contribution in [3.8, 4) is 0 Å². The molecule has 0 saturated carbocycles. The first kappa shape index (κ1) is 15.5. The second-order valence-corrected chi connectivity index (χ2v) is 6.59. The Labute approximate surface area is 133 Å². The highest BCUT2D eigenvalue weighted by molar-refractivity contribution is 9.10. The number of thioether (sulfide) groups is 1. The molecule has 0 saturated heterocycles. The average Bonchev–Trinajstić information content (AvgIpc) is 2.48. The van der Waals surface area contributed by atoms with E-state index in [0.717, 1.165) is 23.2 Å². The van der Waals surface area contributed by atoms with E-state index in [1.165, 1.54) is 10.5 Å². The van der Waals surface area contributed by atoms with Gasteiger partial charge >= 0.3 is 0 Å². The molecule has 4 heteroatoms. The second-order valence-electron chi connectivity index (χ2n) is 4.58. The van der Waals surface area contributed by atoms with E-state index in [1.807, 2.05) is 24.2 Å². The zero-order valence-electron chi connectivity index (χ0n) is 11.6. The van der Waals surface area contributed by atoms with Gasteiger partial charge in [-0.25, -0.2) is 0 Å². The number of halogens is 1. The third-order valence-electron chi connectivity index (χ3n) is 2.99. The van der Waals surface area contributed by atoms with Gasteiger partial charge in [0, 0.05) is 33.6 Å². The van der Waals surface area contributed by atoms with Gasteiger partial charge in [-0.1, -0.05) is 22.9 Å². The molecular weight excluding hydrogens is 332 g/mol. The van der Waals surface area contributed by atoms with Crippen LogP contribution in [-0.2, 0) is 6.42 Å². The molecule has 1 unspecified atom stereocenters. The third-order valence-corrected chi connectivity index (χ3v) is 4.69. The lowest BCUT2D eigenvalue weighted by molar-refractivity contribution is 0.572. The van der Waals surface area contributed by atoms with Gasteiger partial charge in [0.25, 0.3) is 0 Å². The molecule has 0 aliphatic rings. The van der Waals surface area contributed by atoms with Crippen molar-refractivity contribution in [2.24, 2.45) is 0 Å². The molecule has 2 rings (SSSR count). The number of rotatable bonds is 7. The molecule has 1 N–H and O–H groups in total. The molecule has 1 aromatic carbocycles.